The zero-order valence-corrected chi connectivity index (χ0v) is 17.2. The Morgan fingerprint density at radius 3 is 2.70 bits per heavy atom. The van der Waals surface area contributed by atoms with Crippen LogP contribution in [0.15, 0.2) is 17.5 Å². The van der Waals surface area contributed by atoms with Crippen LogP contribution >= 0.6 is 11.3 Å². The molecule has 3 N–H and O–H groups in total. The van der Waals surface area contributed by atoms with Crippen LogP contribution in [0.25, 0.3) is 0 Å². The highest BCUT2D eigenvalue weighted by Crippen LogP contribution is 2.34. The lowest BCUT2D eigenvalue weighted by Crippen LogP contribution is -2.56. The summed E-state index contributed by atoms with van der Waals surface area (Å²) in [4.78, 5) is 25.6. The first-order valence-electron chi connectivity index (χ1n) is 9.18. The quantitative estimate of drug-likeness (QED) is 0.616. The number of hydrogen-bond donors (Lipinski definition) is 3. The first-order chi connectivity index (χ1) is 12.6. The van der Waals surface area contributed by atoms with Gasteiger partial charge >= 0.3 is 0 Å². The second kappa shape index (κ2) is 9.14. The summed E-state index contributed by atoms with van der Waals surface area (Å²) >= 11 is 1.63. The number of ether oxygens (including phenoxy) is 2. The minimum atomic E-state index is -1.16. The fourth-order valence-corrected chi connectivity index (χ4v) is 3.47. The molecule has 0 saturated carbocycles. The molecule has 1 saturated heterocycles. The highest BCUT2D eigenvalue weighted by molar-refractivity contribution is 7.09. The first kappa shape index (κ1) is 21.8. The van der Waals surface area contributed by atoms with Crippen molar-refractivity contribution in [3.8, 4) is 0 Å². The number of rotatable bonds is 8. The van der Waals surface area contributed by atoms with Gasteiger partial charge in [0.05, 0.1) is 6.61 Å². The van der Waals surface area contributed by atoms with Gasteiger partial charge in [-0.1, -0.05) is 19.9 Å². The monoisotopic (exact) mass is 398 g/mol. The second-order valence-electron chi connectivity index (χ2n) is 7.89. The van der Waals surface area contributed by atoms with Gasteiger partial charge in [-0.25, -0.2) is 0 Å². The van der Waals surface area contributed by atoms with E-state index in [1.165, 1.54) is 4.88 Å². The van der Waals surface area contributed by atoms with Crippen molar-refractivity contribution in [2.75, 3.05) is 19.7 Å². The van der Waals surface area contributed by atoms with Crippen molar-refractivity contribution in [2.45, 2.75) is 58.5 Å². The van der Waals surface area contributed by atoms with Crippen LogP contribution in [0.2, 0.25) is 0 Å². The lowest BCUT2D eigenvalue weighted by atomic mass is 9.85. The number of thiophene rings is 1. The zero-order chi connectivity index (χ0) is 20.1. The predicted molar refractivity (Wildman–Crippen MR) is 103 cm³/mol. The van der Waals surface area contributed by atoms with Crippen molar-refractivity contribution in [1.82, 2.24) is 10.6 Å². The van der Waals surface area contributed by atoms with Gasteiger partial charge in [-0.05, 0) is 38.1 Å². The van der Waals surface area contributed by atoms with E-state index in [-0.39, 0.29) is 18.9 Å². The van der Waals surface area contributed by atoms with Gasteiger partial charge in [-0.15, -0.1) is 11.3 Å². The Morgan fingerprint density at radius 2 is 2.04 bits per heavy atom. The van der Waals surface area contributed by atoms with E-state index in [2.05, 4.69) is 10.6 Å². The van der Waals surface area contributed by atoms with Crippen LogP contribution in [-0.4, -0.2) is 54.6 Å². The Kier molecular flexibility index (Phi) is 7.39. The van der Waals surface area contributed by atoms with Crippen LogP contribution in [0.3, 0.4) is 0 Å². The van der Waals surface area contributed by atoms with Crippen LogP contribution in [0.4, 0.5) is 0 Å². The minimum Gasteiger partial charge on any atom is -0.383 e. The number of amides is 2. The topological polar surface area (TPSA) is 96.9 Å². The van der Waals surface area contributed by atoms with Gasteiger partial charge in [0.15, 0.2) is 5.79 Å². The minimum absolute atomic E-state index is 0.142. The summed E-state index contributed by atoms with van der Waals surface area (Å²) in [5.41, 5.74) is -0.461. The molecule has 2 rings (SSSR count). The Morgan fingerprint density at radius 1 is 1.30 bits per heavy atom. The van der Waals surface area contributed by atoms with E-state index in [4.69, 9.17) is 9.47 Å². The van der Waals surface area contributed by atoms with E-state index >= 15 is 0 Å². The van der Waals surface area contributed by atoms with Gasteiger partial charge in [0, 0.05) is 23.4 Å². The number of hydrogen-bond acceptors (Lipinski definition) is 6. The third-order valence-corrected chi connectivity index (χ3v) is 5.35. The summed E-state index contributed by atoms with van der Waals surface area (Å²) in [6.45, 7) is 8.43. The summed E-state index contributed by atoms with van der Waals surface area (Å²) in [5, 5.41) is 17.4. The fourth-order valence-electron chi connectivity index (χ4n) is 2.76. The van der Waals surface area contributed by atoms with E-state index in [9.17, 15) is 14.7 Å². The van der Waals surface area contributed by atoms with Crippen LogP contribution in [0.1, 0.15) is 39.0 Å². The second-order valence-corrected chi connectivity index (χ2v) is 8.92. The van der Waals surface area contributed by atoms with Crippen molar-refractivity contribution in [3.05, 3.63) is 22.4 Å². The number of aliphatic hydroxyl groups excluding tert-OH is 1. The Hall–Kier alpha value is -1.48. The predicted octanol–water partition coefficient (Wildman–Crippen LogP) is 1.45. The molecule has 2 heterocycles. The molecule has 2 atom stereocenters. The molecule has 1 aliphatic heterocycles. The van der Waals surface area contributed by atoms with Gasteiger partial charge in [0.2, 0.25) is 11.8 Å². The molecule has 0 aliphatic carbocycles. The molecule has 0 unspecified atom stereocenters. The number of carbonyl (C=O) groups excluding carboxylic acids is 2. The molecule has 0 radical (unpaired) electrons. The number of nitrogens with one attached hydrogen (secondary N) is 2. The molecule has 1 aromatic rings. The summed E-state index contributed by atoms with van der Waals surface area (Å²) < 4.78 is 11.4. The average Bonchev–Trinajstić information content (AvgIpc) is 3.10. The molecule has 0 aromatic carbocycles. The maximum atomic E-state index is 12.5. The summed E-state index contributed by atoms with van der Waals surface area (Å²) in [6.07, 6.45) is -0.936. The van der Waals surface area contributed by atoms with E-state index in [0.29, 0.717) is 13.2 Å². The van der Waals surface area contributed by atoms with E-state index in [1.807, 2.05) is 31.4 Å². The van der Waals surface area contributed by atoms with E-state index in [1.54, 1.807) is 25.2 Å². The average molecular weight is 399 g/mol. The largest absolute Gasteiger partial charge is 0.383 e. The lowest BCUT2D eigenvalue weighted by Gasteiger charge is -2.44. The van der Waals surface area contributed by atoms with Crippen molar-refractivity contribution in [1.29, 1.82) is 0 Å². The third-order valence-electron chi connectivity index (χ3n) is 4.41. The van der Waals surface area contributed by atoms with Crippen LogP contribution < -0.4 is 10.6 Å². The highest BCUT2D eigenvalue weighted by Gasteiger charge is 2.45. The van der Waals surface area contributed by atoms with Crippen LogP contribution in [-0.2, 0) is 25.5 Å². The number of aliphatic hydroxyl groups is 1. The zero-order valence-electron chi connectivity index (χ0n) is 16.4. The van der Waals surface area contributed by atoms with Gasteiger partial charge < -0.3 is 25.2 Å². The molecule has 1 fully saturated rings. The molecule has 0 spiro atoms. The fraction of sp³-hybridized carbons (Fsp3) is 0.684. The van der Waals surface area contributed by atoms with Crippen molar-refractivity contribution < 1.29 is 24.2 Å². The van der Waals surface area contributed by atoms with Crippen molar-refractivity contribution >= 4 is 23.2 Å². The number of carbonyl (C=O) groups is 2. The van der Waals surface area contributed by atoms with Crippen molar-refractivity contribution in [2.24, 2.45) is 5.41 Å². The summed E-state index contributed by atoms with van der Waals surface area (Å²) in [5.74, 6) is -1.51. The first-order valence-corrected chi connectivity index (χ1v) is 10.1. The molecule has 0 bridgehead atoms. The Labute approximate surface area is 164 Å². The molecule has 27 heavy (non-hydrogen) atoms. The van der Waals surface area contributed by atoms with Crippen LogP contribution in [0.5, 0.6) is 0 Å². The Bertz CT molecular complexity index is 630. The molecular formula is C19H30N2O5S. The molecule has 8 heteroatoms. The van der Waals surface area contributed by atoms with Gasteiger partial charge in [0.25, 0.3) is 0 Å². The van der Waals surface area contributed by atoms with E-state index < -0.39 is 29.3 Å². The van der Waals surface area contributed by atoms with Crippen molar-refractivity contribution in [3.63, 3.8) is 0 Å². The molecule has 7 nitrogen and oxygen atoms in total. The summed E-state index contributed by atoms with van der Waals surface area (Å²) in [7, 11) is 0. The lowest BCUT2D eigenvalue weighted by molar-refractivity contribution is -0.304. The summed E-state index contributed by atoms with van der Waals surface area (Å²) in [6, 6.07) is 3.97. The smallest absolute Gasteiger partial charge is 0.249 e. The maximum absolute atomic E-state index is 12.5. The molecule has 1 aliphatic rings. The van der Waals surface area contributed by atoms with E-state index in [0.717, 1.165) is 6.42 Å². The molecule has 152 valence electrons. The Balaban J connectivity index is 1.70. The SMILES string of the molecule is CC1(C)OCC(C)(C)[C@H](C(=O)NCC[C@H](O)C(=O)NCCc2cccs2)O1. The molecular weight excluding hydrogens is 368 g/mol. The normalized spacial score (nSPS) is 22.0. The molecule has 1 aromatic heterocycles. The van der Waals surface area contributed by atoms with Gasteiger partial charge in [-0.2, -0.15) is 0 Å². The third kappa shape index (κ3) is 6.57. The van der Waals surface area contributed by atoms with Crippen LogP contribution in [0, 0.1) is 5.41 Å². The van der Waals surface area contributed by atoms with Gasteiger partial charge in [-0.3, -0.25) is 9.59 Å². The highest BCUT2D eigenvalue weighted by atomic mass is 32.1. The standard InChI is InChI=1S/C19H30N2O5S/c1-18(2)12-25-19(3,4)26-15(18)17(24)21-10-8-14(22)16(23)20-9-7-13-6-5-11-27-13/h5-6,11,14-15,22H,7-10,12H2,1-4H3,(H,20,23)(H,21,24)/t14-,15-/m0/s1. The van der Waals surface area contributed by atoms with Gasteiger partial charge in [0.1, 0.15) is 12.2 Å². The molecule has 2 amide bonds. The maximum Gasteiger partial charge on any atom is 0.249 e.